The van der Waals surface area contributed by atoms with E-state index in [1.54, 1.807) is 18.9 Å². The largest absolute Gasteiger partial charge is 0.348 e. The zero-order valence-electron chi connectivity index (χ0n) is 16.5. The third-order valence-corrected chi connectivity index (χ3v) is 4.04. The van der Waals surface area contributed by atoms with Gasteiger partial charge in [-0.1, -0.05) is 58.0 Å². The Hall–Kier alpha value is -1.97. The van der Waals surface area contributed by atoms with E-state index in [-0.39, 0.29) is 29.3 Å². The van der Waals surface area contributed by atoms with Crippen LogP contribution in [0.2, 0.25) is 0 Å². The third kappa shape index (κ3) is 11.2. The van der Waals surface area contributed by atoms with Gasteiger partial charge in [-0.25, -0.2) is 0 Å². The molecule has 0 unspecified atom stereocenters. The van der Waals surface area contributed by atoms with E-state index >= 15 is 0 Å². The molecule has 1 atom stereocenters. The Balaban J connectivity index is 0.000000823. The van der Waals surface area contributed by atoms with Crippen molar-refractivity contribution in [1.29, 1.82) is 0 Å². The SMILES string of the molecule is CC(=O)C(C)C.CC(C)C(=O)C[C@@H](Cc1ccccc1)CN(C)C=O. The van der Waals surface area contributed by atoms with Crippen molar-refractivity contribution in [3.05, 3.63) is 35.9 Å². The summed E-state index contributed by atoms with van der Waals surface area (Å²) in [5, 5.41) is 0. The van der Waals surface area contributed by atoms with Crippen molar-refractivity contribution in [2.24, 2.45) is 17.8 Å². The third-order valence-electron chi connectivity index (χ3n) is 4.04. The second kappa shape index (κ2) is 12.4. The molecular formula is C21H33NO3. The van der Waals surface area contributed by atoms with Crippen molar-refractivity contribution >= 4 is 18.0 Å². The fraction of sp³-hybridized carbons (Fsp3) is 0.571. The lowest BCUT2D eigenvalue weighted by Crippen LogP contribution is -2.28. The molecule has 4 nitrogen and oxygen atoms in total. The second-order valence-electron chi connectivity index (χ2n) is 7.19. The molecule has 1 aromatic carbocycles. The Kier molecular flexibility index (Phi) is 11.4. The van der Waals surface area contributed by atoms with E-state index in [4.69, 9.17) is 0 Å². The zero-order chi connectivity index (χ0) is 19.4. The van der Waals surface area contributed by atoms with Crippen LogP contribution in [0.15, 0.2) is 30.3 Å². The first kappa shape index (κ1) is 23.0. The number of Topliss-reactive ketones (excluding diaryl/α,β-unsaturated/α-hetero) is 2. The van der Waals surface area contributed by atoms with Crippen LogP contribution in [-0.4, -0.2) is 36.5 Å². The number of nitrogens with zero attached hydrogens (tertiary/aromatic N) is 1. The van der Waals surface area contributed by atoms with E-state index in [0.717, 1.165) is 12.8 Å². The Morgan fingerprint density at radius 1 is 1.04 bits per heavy atom. The first-order valence-corrected chi connectivity index (χ1v) is 8.89. The zero-order valence-corrected chi connectivity index (χ0v) is 16.5. The van der Waals surface area contributed by atoms with Gasteiger partial charge in [-0.15, -0.1) is 0 Å². The molecule has 1 aromatic rings. The molecule has 0 aliphatic rings. The summed E-state index contributed by atoms with van der Waals surface area (Å²) in [6, 6.07) is 10.1. The summed E-state index contributed by atoms with van der Waals surface area (Å²) in [6.07, 6.45) is 2.18. The van der Waals surface area contributed by atoms with Crippen molar-refractivity contribution in [3.63, 3.8) is 0 Å². The predicted molar refractivity (Wildman–Crippen MR) is 102 cm³/mol. The maximum Gasteiger partial charge on any atom is 0.209 e. The highest BCUT2D eigenvalue weighted by Crippen LogP contribution is 2.16. The smallest absolute Gasteiger partial charge is 0.209 e. The average molecular weight is 347 g/mol. The summed E-state index contributed by atoms with van der Waals surface area (Å²) < 4.78 is 0. The number of carbonyl (C=O) groups is 3. The van der Waals surface area contributed by atoms with Crippen molar-refractivity contribution in [1.82, 2.24) is 4.90 Å². The molecule has 0 aliphatic carbocycles. The normalized spacial score (nSPS) is 11.5. The minimum atomic E-state index is 0.0554. The predicted octanol–water partition coefficient (Wildman–Crippen LogP) is 3.78. The van der Waals surface area contributed by atoms with Gasteiger partial charge in [0.05, 0.1) is 0 Å². The van der Waals surface area contributed by atoms with Gasteiger partial charge in [0.25, 0.3) is 0 Å². The fourth-order valence-electron chi connectivity index (χ4n) is 2.12. The summed E-state index contributed by atoms with van der Waals surface area (Å²) in [7, 11) is 1.75. The van der Waals surface area contributed by atoms with Crippen molar-refractivity contribution in [3.8, 4) is 0 Å². The number of hydrogen-bond acceptors (Lipinski definition) is 3. The molecule has 0 fully saturated rings. The molecule has 0 heterocycles. The van der Waals surface area contributed by atoms with Gasteiger partial charge in [-0.05, 0) is 24.8 Å². The Morgan fingerprint density at radius 3 is 1.96 bits per heavy atom. The van der Waals surface area contributed by atoms with Crippen LogP contribution < -0.4 is 0 Å². The lowest BCUT2D eigenvalue weighted by Gasteiger charge is -2.21. The van der Waals surface area contributed by atoms with E-state index in [1.165, 1.54) is 5.56 Å². The van der Waals surface area contributed by atoms with Crippen LogP contribution in [0.3, 0.4) is 0 Å². The van der Waals surface area contributed by atoms with Crippen LogP contribution in [-0.2, 0) is 20.8 Å². The number of amides is 1. The van der Waals surface area contributed by atoms with Gasteiger partial charge < -0.3 is 4.90 Å². The summed E-state index contributed by atoms with van der Waals surface area (Å²) in [4.78, 5) is 34.4. The Morgan fingerprint density at radius 2 is 1.56 bits per heavy atom. The van der Waals surface area contributed by atoms with Gasteiger partial charge in [0.1, 0.15) is 11.6 Å². The molecule has 4 heteroatoms. The van der Waals surface area contributed by atoms with Crippen molar-refractivity contribution in [2.75, 3.05) is 13.6 Å². The highest BCUT2D eigenvalue weighted by molar-refractivity contribution is 5.80. The van der Waals surface area contributed by atoms with Crippen LogP contribution >= 0.6 is 0 Å². The minimum absolute atomic E-state index is 0.0554. The van der Waals surface area contributed by atoms with Crippen LogP contribution in [0.4, 0.5) is 0 Å². The quantitative estimate of drug-likeness (QED) is 0.639. The molecule has 0 saturated carbocycles. The van der Waals surface area contributed by atoms with Gasteiger partial charge in [0.15, 0.2) is 0 Å². The first-order valence-electron chi connectivity index (χ1n) is 8.89. The van der Waals surface area contributed by atoms with E-state index < -0.39 is 0 Å². The monoisotopic (exact) mass is 347 g/mol. The summed E-state index contributed by atoms with van der Waals surface area (Å²) >= 11 is 0. The highest BCUT2D eigenvalue weighted by atomic mass is 16.1. The number of ketones is 2. The lowest BCUT2D eigenvalue weighted by molar-refractivity contribution is -0.124. The topological polar surface area (TPSA) is 54.5 Å². The molecule has 0 saturated heterocycles. The lowest BCUT2D eigenvalue weighted by atomic mass is 9.90. The molecule has 25 heavy (non-hydrogen) atoms. The van der Waals surface area contributed by atoms with Crippen molar-refractivity contribution < 1.29 is 14.4 Å². The Labute approximate surface area is 152 Å². The molecule has 0 N–H and O–H groups in total. The van der Waals surface area contributed by atoms with Crippen LogP contribution in [0.25, 0.3) is 0 Å². The maximum atomic E-state index is 11.9. The highest BCUT2D eigenvalue weighted by Gasteiger charge is 2.18. The maximum absolute atomic E-state index is 11.9. The Bertz CT molecular complexity index is 523. The van der Waals surface area contributed by atoms with Gasteiger partial charge in [0.2, 0.25) is 6.41 Å². The van der Waals surface area contributed by atoms with E-state index in [1.807, 2.05) is 45.9 Å². The fourth-order valence-corrected chi connectivity index (χ4v) is 2.12. The van der Waals surface area contributed by atoms with Gasteiger partial charge >= 0.3 is 0 Å². The van der Waals surface area contributed by atoms with E-state index in [9.17, 15) is 14.4 Å². The first-order chi connectivity index (χ1) is 11.7. The number of carbonyl (C=O) groups excluding carboxylic acids is 3. The molecule has 140 valence electrons. The molecule has 0 aromatic heterocycles. The average Bonchev–Trinajstić information content (AvgIpc) is 2.55. The molecule has 0 bridgehead atoms. The standard InChI is InChI=1S/C16H23NO2.C5H10O/c1-13(2)16(19)10-15(11-17(3)12-18)9-14-7-5-4-6-8-14;1-4(2)5(3)6/h4-8,12-13,15H,9-11H2,1-3H3;4H,1-3H3/t15-;/m1./s1. The molecule has 0 aliphatic heterocycles. The summed E-state index contributed by atoms with van der Waals surface area (Å²) in [5.41, 5.74) is 1.21. The van der Waals surface area contributed by atoms with Gasteiger partial charge in [0, 0.05) is 31.8 Å². The second-order valence-corrected chi connectivity index (χ2v) is 7.19. The molecule has 1 rings (SSSR count). The van der Waals surface area contributed by atoms with Crippen LogP contribution in [0.5, 0.6) is 0 Å². The van der Waals surface area contributed by atoms with Gasteiger partial charge in [-0.3, -0.25) is 14.4 Å². The van der Waals surface area contributed by atoms with Crippen molar-refractivity contribution in [2.45, 2.75) is 47.5 Å². The van der Waals surface area contributed by atoms with Gasteiger partial charge in [-0.2, -0.15) is 0 Å². The number of rotatable bonds is 9. The minimum Gasteiger partial charge on any atom is -0.348 e. The molecular weight excluding hydrogens is 314 g/mol. The van der Waals surface area contributed by atoms with Crippen LogP contribution in [0, 0.1) is 17.8 Å². The molecule has 1 amide bonds. The summed E-state index contributed by atoms with van der Waals surface area (Å²) in [6.45, 7) is 9.85. The van der Waals surface area contributed by atoms with Crippen LogP contribution in [0.1, 0.15) is 46.6 Å². The summed E-state index contributed by atoms with van der Waals surface area (Å²) in [5.74, 6) is 0.979. The molecule has 0 spiro atoms. The molecule has 0 radical (unpaired) electrons. The number of benzene rings is 1. The van der Waals surface area contributed by atoms with E-state index in [2.05, 4.69) is 12.1 Å². The van der Waals surface area contributed by atoms with E-state index in [0.29, 0.717) is 13.0 Å². The number of hydrogen-bond donors (Lipinski definition) is 0.